The fourth-order valence-corrected chi connectivity index (χ4v) is 4.09. The van der Waals surface area contributed by atoms with Gasteiger partial charge >= 0.3 is 0 Å². The summed E-state index contributed by atoms with van der Waals surface area (Å²) in [5.41, 5.74) is 4.67. The lowest BCUT2D eigenvalue weighted by Gasteiger charge is -2.12. The molecule has 0 saturated carbocycles. The summed E-state index contributed by atoms with van der Waals surface area (Å²) in [5, 5.41) is 2.86. The highest BCUT2D eigenvalue weighted by atomic mass is 32.2. The summed E-state index contributed by atoms with van der Waals surface area (Å²) in [5.74, 6) is -0.323. The number of hydrogen-bond acceptors (Lipinski definition) is 4. The minimum absolute atomic E-state index is 0.137. The van der Waals surface area contributed by atoms with E-state index in [1.165, 1.54) is 38.4 Å². The van der Waals surface area contributed by atoms with E-state index in [2.05, 4.69) is 10.3 Å². The van der Waals surface area contributed by atoms with Gasteiger partial charge in [-0.3, -0.25) is 4.79 Å². The number of hydrogen-bond donors (Lipinski definition) is 1. The smallest absolute Gasteiger partial charge is 0.255 e. The van der Waals surface area contributed by atoms with Crippen molar-refractivity contribution in [1.82, 2.24) is 13.7 Å². The lowest BCUT2D eigenvalue weighted by atomic mass is 10.1. The van der Waals surface area contributed by atoms with Gasteiger partial charge in [0.25, 0.3) is 5.91 Å². The molecule has 4 aromatic rings. The van der Waals surface area contributed by atoms with Gasteiger partial charge in [0, 0.05) is 43.3 Å². The molecule has 0 aliphatic rings. The second-order valence-electron chi connectivity index (χ2n) is 7.44. The van der Waals surface area contributed by atoms with Crippen molar-refractivity contribution in [2.24, 2.45) is 0 Å². The molecule has 0 spiro atoms. The Labute approximate surface area is 181 Å². The van der Waals surface area contributed by atoms with Gasteiger partial charge in [-0.05, 0) is 55.0 Å². The molecule has 158 valence electrons. The Bertz CT molecular complexity index is 1370. The summed E-state index contributed by atoms with van der Waals surface area (Å²) in [6, 6.07) is 17.3. The van der Waals surface area contributed by atoms with Gasteiger partial charge in [-0.2, -0.15) is 0 Å². The van der Waals surface area contributed by atoms with Crippen molar-refractivity contribution in [2.75, 3.05) is 19.4 Å². The number of aromatic nitrogens is 2. The molecule has 1 N–H and O–H groups in total. The zero-order valence-electron chi connectivity index (χ0n) is 17.4. The largest absolute Gasteiger partial charge is 0.322 e. The van der Waals surface area contributed by atoms with E-state index < -0.39 is 10.0 Å². The predicted molar refractivity (Wildman–Crippen MR) is 121 cm³/mol. The molecule has 4 rings (SSSR count). The number of benzene rings is 2. The molecule has 0 bridgehead atoms. The van der Waals surface area contributed by atoms with Crippen molar-refractivity contribution in [3.05, 3.63) is 84.2 Å². The van der Waals surface area contributed by atoms with E-state index in [1.54, 1.807) is 6.07 Å². The van der Waals surface area contributed by atoms with Crippen molar-refractivity contribution in [3.8, 4) is 11.3 Å². The van der Waals surface area contributed by atoms with Crippen molar-refractivity contribution in [3.63, 3.8) is 0 Å². The summed E-state index contributed by atoms with van der Waals surface area (Å²) in [4.78, 5) is 17.4. The first-order valence-corrected chi connectivity index (χ1v) is 11.1. The first-order chi connectivity index (χ1) is 14.7. The normalized spacial score (nSPS) is 11.7. The van der Waals surface area contributed by atoms with E-state index in [4.69, 9.17) is 0 Å². The van der Waals surface area contributed by atoms with Gasteiger partial charge in [0.1, 0.15) is 5.65 Å². The van der Waals surface area contributed by atoms with Gasteiger partial charge in [0.15, 0.2) is 0 Å². The molecule has 0 aliphatic heterocycles. The predicted octanol–water partition coefficient (Wildman–Crippen LogP) is 3.81. The van der Waals surface area contributed by atoms with Crippen LogP contribution in [-0.2, 0) is 10.0 Å². The number of anilines is 1. The van der Waals surface area contributed by atoms with Crippen LogP contribution in [0.1, 0.15) is 15.9 Å². The number of fused-ring (bicyclic) bond motifs is 1. The van der Waals surface area contributed by atoms with Crippen LogP contribution in [0, 0.1) is 6.92 Å². The third-order valence-electron chi connectivity index (χ3n) is 4.91. The second kappa shape index (κ2) is 7.98. The topological polar surface area (TPSA) is 83.8 Å². The van der Waals surface area contributed by atoms with Crippen LogP contribution in [0.4, 0.5) is 5.69 Å². The van der Waals surface area contributed by atoms with Crippen LogP contribution < -0.4 is 5.32 Å². The van der Waals surface area contributed by atoms with Gasteiger partial charge in [-0.25, -0.2) is 17.7 Å². The molecular weight excluding hydrogens is 412 g/mol. The third kappa shape index (κ3) is 4.21. The average molecular weight is 435 g/mol. The maximum Gasteiger partial charge on any atom is 0.255 e. The van der Waals surface area contributed by atoms with Crippen LogP contribution in [0.2, 0.25) is 0 Å². The lowest BCUT2D eigenvalue weighted by Crippen LogP contribution is -2.22. The summed E-state index contributed by atoms with van der Waals surface area (Å²) in [6.07, 6.45) is 3.96. The number of aryl methyl sites for hydroxylation is 1. The lowest BCUT2D eigenvalue weighted by molar-refractivity contribution is 0.102. The quantitative estimate of drug-likeness (QED) is 0.518. The fourth-order valence-electron chi connectivity index (χ4n) is 3.19. The molecular formula is C23H22N4O3S. The van der Waals surface area contributed by atoms with Crippen LogP contribution in [-0.4, -0.2) is 42.1 Å². The Balaban J connectivity index is 1.55. The van der Waals surface area contributed by atoms with Gasteiger partial charge < -0.3 is 9.72 Å². The van der Waals surface area contributed by atoms with Crippen LogP contribution in [0.5, 0.6) is 0 Å². The Hall–Kier alpha value is -3.49. The Morgan fingerprint density at radius 1 is 1.00 bits per heavy atom. The highest BCUT2D eigenvalue weighted by Gasteiger charge is 2.17. The van der Waals surface area contributed by atoms with Crippen LogP contribution in [0.3, 0.4) is 0 Å². The zero-order valence-corrected chi connectivity index (χ0v) is 18.2. The SMILES string of the molecule is Cc1ccc2nc(-c3cccc(NC(=O)c4ccc(S(=O)(=O)N(C)C)cc4)c3)cn2c1. The molecule has 2 heterocycles. The molecule has 0 atom stereocenters. The number of nitrogens with zero attached hydrogens (tertiary/aromatic N) is 3. The zero-order chi connectivity index (χ0) is 22.2. The third-order valence-corrected chi connectivity index (χ3v) is 6.74. The number of amides is 1. The van der Waals surface area contributed by atoms with E-state index in [1.807, 2.05) is 54.0 Å². The summed E-state index contributed by atoms with van der Waals surface area (Å²) in [7, 11) is -0.605. The van der Waals surface area contributed by atoms with Gasteiger partial charge in [0.05, 0.1) is 10.6 Å². The second-order valence-corrected chi connectivity index (χ2v) is 9.60. The standard InChI is InChI=1S/C23H22N4O3S/c1-16-7-12-22-25-21(15-27(22)14-16)18-5-4-6-19(13-18)24-23(28)17-8-10-20(11-9-17)31(29,30)26(2)3/h4-15H,1-3H3,(H,24,28). The van der Waals surface area contributed by atoms with E-state index in [0.717, 1.165) is 26.8 Å². The van der Waals surface area contributed by atoms with E-state index in [9.17, 15) is 13.2 Å². The van der Waals surface area contributed by atoms with E-state index >= 15 is 0 Å². The first kappa shape index (κ1) is 20.8. The number of pyridine rings is 1. The molecule has 2 aromatic heterocycles. The molecule has 0 radical (unpaired) electrons. The van der Waals surface area contributed by atoms with Crippen molar-refractivity contribution >= 4 is 27.3 Å². The molecule has 2 aromatic carbocycles. The van der Waals surface area contributed by atoms with E-state index in [0.29, 0.717) is 11.3 Å². The number of carbonyl (C=O) groups is 1. The molecule has 8 heteroatoms. The maximum atomic E-state index is 12.6. The fraction of sp³-hybridized carbons (Fsp3) is 0.130. The van der Waals surface area contributed by atoms with Crippen molar-refractivity contribution < 1.29 is 13.2 Å². The molecule has 7 nitrogen and oxygen atoms in total. The van der Waals surface area contributed by atoms with E-state index in [-0.39, 0.29) is 10.8 Å². The number of nitrogens with one attached hydrogen (secondary N) is 1. The number of rotatable bonds is 5. The molecule has 0 unspecified atom stereocenters. The Morgan fingerprint density at radius 3 is 2.45 bits per heavy atom. The number of imidazole rings is 1. The van der Waals surface area contributed by atoms with Gasteiger partial charge in [-0.1, -0.05) is 18.2 Å². The van der Waals surface area contributed by atoms with Gasteiger partial charge in [-0.15, -0.1) is 0 Å². The molecule has 31 heavy (non-hydrogen) atoms. The first-order valence-electron chi connectivity index (χ1n) is 9.64. The maximum absolute atomic E-state index is 12.6. The Morgan fingerprint density at radius 2 is 1.74 bits per heavy atom. The summed E-state index contributed by atoms with van der Waals surface area (Å²) < 4.78 is 27.5. The summed E-state index contributed by atoms with van der Waals surface area (Å²) >= 11 is 0. The number of sulfonamides is 1. The average Bonchev–Trinajstić information content (AvgIpc) is 3.17. The highest BCUT2D eigenvalue weighted by Crippen LogP contribution is 2.23. The monoisotopic (exact) mass is 434 g/mol. The number of carbonyl (C=O) groups excluding carboxylic acids is 1. The van der Waals surface area contributed by atoms with Crippen LogP contribution >= 0.6 is 0 Å². The Kier molecular flexibility index (Phi) is 5.34. The van der Waals surface area contributed by atoms with Crippen LogP contribution in [0.15, 0.2) is 78.0 Å². The molecule has 1 amide bonds. The molecule has 0 fully saturated rings. The minimum Gasteiger partial charge on any atom is -0.322 e. The van der Waals surface area contributed by atoms with Crippen LogP contribution in [0.25, 0.3) is 16.9 Å². The van der Waals surface area contributed by atoms with Gasteiger partial charge in [0.2, 0.25) is 10.0 Å². The highest BCUT2D eigenvalue weighted by molar-refractivity contribution is 7.89. The summed E-state index contributed by atoms with van der Waals surface area (Å²) in [6.45, 7) is 2.03. The molecule has 0 aliphatic carbocycles. The van der Waals surface area contributed by atoms with Crippen molar-refractivity contribution in [1.29, 1.82) is 0 Å². The van der Waals surface area contributed by atoms with Crippen molar-refractivity contribution in [2.45, 2.75) is 11.8 Å². The molecule has 0 saturated heterocycles. The minimum atomic E-state index is -3.54.